The van der Waals surface area contributed by atoms with Crippen molar-refractivity contribution in [2.75, 3.05) is 5.32 Å². The number of imidazole rings is 1. The lowest BCUT2D eigenvalue weighted by Gasteiger charge is -2.30. The highest BCUT2D eigenvalue weighted by Crippen LogP contribution is 2.36. The van der Waals surface area contributed by atoms with Crippen LogP contribution in [0.5, 0.6) is 0 Å². The van der Waals surface area contributed by atoms with E-state index in [0.29, 0.717) is 18.8 Å². The van der Waals surface area contributed by atoms with Crippen LogP contribution in [0.3, 0.4) is 0 Å². The summed E-state index contributed by atoms with van der Waals surface area (Å²) in [4.78, 5) is 21.3. The lowest BCUT2D eigenvalue weighted by molar-refractivity contribution is -0.137. The van der Waals surface area contributed by atoms with Gasteiger partial charge in [0.25, 0.3) is 0 Å². The van der Waals surface area contributed by atoms with Crippen LogP contribution >= 0.6 is 0 Å². The van der Waals surface area contributed by atoms with Gasteiger partial charge in [-0.3, -0.25) is 4.79 Å². The van der Waals surface area contributed by atoms with E-state index in [2.05, 4.69) is 39.1 Å². The van der Waals surface area contributed by atoms with Gasteiger partial charge in [-0.1, -0.05) is 18.8 Å². The van der Waals surface area contributed by atoms with Crippen molar-refractivity contribution >= 4 is 17.2 Å². The Morgan fingerprint density at radius 2 is 2.06 bits per heavy atom. The van der Waals surface area contributed by atoms with Gasteiger partial charge in [0, 0.05) is 54.1 Å². The third kappa shape index (κ3) is 5.10. The summed E-state index contributed by atoms with van der Waals surface area (Å²) in [5.74, 6) is 6.05. The third-order valence-corrected chi connectivity index (χ3v) is 6.53. The van der Waals surface area contributed by atoms with Gasteiger partial charge in [-0.15, -0.1) is 0 Å². The molecule has 0 bridgehead atoms. The Morgan fingerprint density at radius 3 is 2.83 bits per heavy atom. The van der Waals surface area contributed by atoms with E-state index in [4.69, 9.17) is 0 Å². The zero-order valence-corrected chi connectivity index (χ0v) is 19.4. The van der Waals surface area contributed by atoms with Crippen molar-refractivity contribution in [2.45, 2.75) is 32.4 Å². The maximum Gasteiger partial charge on any atom is 0.416 e. The number of carbonyl (C=O) groups is 1. The smallest absolute Gasteiger partial charge is 0.326 e. The molecule has 3 aromatic heterocycles. The van der Waals surface area contributed by atoms with E-state index in [1.807, 2.05) is 0 Å². The third-order valence-electron chi connectivity index (χ3n) is 6.53. The van der Waals surface area contributed by atoms with Crippen LogP contribution in [0.25, 0.3) is 11.3 Å². The van der Waals surface area contributed by atoms with Crippen LogP contribution < -0.4 is 5.32 Å². The first-order valence-corrected chi connectivity index (χ1v) is 11.6. The van der Waals surface area contributed by atoms with E-state index in [9.17, 15) is 18.0 Å². The summed E-state index contributed by atoms with van der Waals surface area (Å²) in [7, 11) is 0. The molecule has 36 heavy (non-hydrogen) atoms. The van der Waals surface area contributed by atoms with Crippen molar-refractivity contribution in [1.29, 1.82) is 0 Å². The molecule has 0 radical (unpaired) electrons. The maximum absolute atomic E-state index is 13.5. The predicted octanol–water partition coefficient (Wildman–Crippen LogP) is 4.98. The van der Waals surface area contributed by atoms with Crippen molar-refractivity contribution in [3.63, 3.8) is 0 Å². The average molecular weight is 493 g/mol. The molecule has 0 aliphatic heterocycles. The Hall–Kier alpha value is -4.13. The molecular formula is C26H23F3N6O. The summed E-state index contributed by atoms with van der Waals surface area (Å²) in [6.45, 7) is 2.10. The van der Waals surface area contributed by atoms with Crippen LogP contribution in [0, 0.1) is 29.6 Å². The molecule has 184 valence electrons. The number of benzene rings is 1. The molecule has 1 aliphatic rings. The molecule has 4 aromatic rings. The summed E-state index contributed by atoms with van der Waals surface area (Å²) >= 11 is 0. The van der Waals surface area contributed by atoms with E-state index < -0.39 is 11.7 Å². The van der Waals surface area contributed by atoms with Crippen LogP contribution in [0.2, 0.25) is 0 Å². The molecular weight excluding hydrogens is 469 g/mol. The van der Waals surface area contributed by atoms with E-state index in [1.165, 1.54) is 23.2 Å². The Balaban J connectivity index is 1.33. The number of halogens is 3. The van der Waals surface area contributed by atoms with Crippen LogP contribution in [-0.2, 0) is 11.0 Å². The molecule has 5 rings (SSSR count). The van der Waals surface area contributed by atoms with Gasteiger partial charge in [0.05, 0.1) is 23.7 Å². The minimum Gasteiger partial charge on any atom is -0.326 e. The normalized spacial score (nSPS) is 20.1. The summed E-state index contributed by atoms with van der Waals surface area (Å²) in [5, 5.41) is 6.88. The Kier molecular flexibility index (Phi) is 6.22. The zero-order chi connectivity index (χ0) is 25.3. The highest BCUT2D eigenvalue weighted by molar-refractivity contribution is 5.93. The van der Waals surface area contributed by atoms with Crippen molar-refractivity contribution in [1.82, 2.24) is 24.1 Å². The average Bonchev–Trinajstić information content (AvgIpc) is 3.55. The second-order valence-corrected chi connectivity index (χ2v) is 9.07. The first-order valence-electron chi connectivity index (χ1n) is 11.6. The number of nitrogens with zero attached hydrogens (tertiary/aromatic N) is 5. The van der Waals surface area contributed by atoms with Crippen molar-refractivity contribution in [2.24, 2.45) is 17.8 Å². The van der Waals surface area contributed by atoms with E-state index >= 15 is 0 Å². The molecule has 1 amide bonds. The number of alkyl halides is 3. The van der Waals surface area contributed by atoms with E-state index in [0.717, 1.165) is 29.8 Å². The maximum atomic E-state index is 13.5. The van der Waals surface area contributed by atoms with E-state index in [1.54, 1.807) is 35.4 Å². The first kappa shape index (κ1) is 23.6. The van der Waals surface area contributed by atoms with Crippen molar-refractivity contribution in [3.05, 3.63) is 72.7 Å². The summed E-state index contributed by atoms with van der Waals surface area (Å²) in [6, 6.07) is 5.29. The van der Waals surface area contributed by atoms with Crippen molar-refractivity contribution < 1.29 is 18.0 Å². The molecule has 10 heteroatoms. The molecule has 3 heterocycles. The second kappa shape index (κ2) is 9.49. The monoisotopic (exact) mass is 492 g/mol. The second-order valence-electron chi connectivity index (χ2n) is 9.07. The van der Waals surface area contributed by atoms with E-state index in [-0.39, 0.29) is 29.1 Å². The number of carbonyl (C=O) groups excluding carboxylic acids is 1. The summed E-state index contributed by atoms with van der Waals surface area (Å²) < 4.78 is 43.6. The summed E-state index contributed by atoms with van der Waals surface area (Å²) in [6.07, 6.45) is 7.03. The molecule has 0 spiro atoms. The lowest BCUT2D eigenvalue weighted by atomic mass is 9.75. The fraction of sp³-hybridized carbons (Fsp3) is 0.308. The van der Waals surface area contributed by atoms with Gasteiger partial charge in [0.15, 0.2) is 5.65 Å². The van der Waals surface area contributed by atoms with Crippen LogP contribution in [0.1, 0.15) is 37.3 Å². The summed E-state index contributed by atoms with van der Waals surface area (Å²) in [5.41, 5.74) is 0.975. The van der Waals surface area contributed by atoms with Gasteiger partial charge in [0.2, 0.25) is 5.91 Å². The number of anilines is 1. The van der Waals surface area contributed by atoms with Gasteiger partial charge in [0.1, 0.15) is 0 Å². The quantitative estimate of drug-likeness (QED) is 0.410. The Morgan fingerprint density at radius 1 is 1.19 bits per heavy atom. The molecule has 0 saturated heterocycles. The lowest BCUT2D eigenvalue weighted by Crippen LogP contribution is -2.31. The number of fused-ring (bicyclic) bond motifs is 1. The highest BCUT2D eigenvalue weighted by atomic mass is 19.4. The van der Waals surface area contributed by atoms with Crippen LogP contribution in [-0.4, -0.2) is 30.1 Å². The number of hydrogen-bond acceptors (Lipinski definition) is 4. The molecule has 3 unspecified atom stereocenters. The number of nitrogens with one attached hydrogen (secondary N) is 1. The topological polar surface area (TPSA) is 77.1 Å². The zero-order valence-electron chi connectivity index (χ0n) is 19.4. The number of aromatic nitrogens is 5. The minimum absolute atomic E-state index is 0.0224. The molecule has 7 nitrogen and oxygen atoms in total. The molecule has 1 saturated carbocycles. The van der Waals surface area contributed by atoms with Crippen molar-refractivity contribution in [3.8, 4) is 17.5 Å². The van der Waals surface area contributed by atoms with Gasteiger partial charge >= 0.3 is 6.18 Å². The standard InChI is InChI=1S/C26H23F3N6O/c1-17-2-4-20(10-19(17)5-3-18-14-31-24-6-7-32-35(24)15-18)25(36)33-22-11-21(26(27,28)29)12-23(13-22)34-9-8-30-16-34/h6-9,11-17,19-20H,2,4,10H2,1H3,(H,33,36). The molecule has 3 atom stereocenters. The first-order chi connectivity index (χ1) is 17.3. The SMILES string of the molecule is CC1CCC(C(=O)Nc2cc(-n3ccnc3)cc(C(F)(F)F)c2)CC1C#Cc1cnc2ccnn2c1. The predicted molar refractivity (Wildman–Crippen MR) is 127 cm³/mol. The van der Waals surface area contributed by atoms with Gasteiger partial charge < -0.3 is 9.88 Å². The Bertz CT molecular complexity index is 1450. The number of rotatable bonds is 3. The molecule has 1 aliphatic carbocycles. The molecule has 1 N–H and O–H groups in total. The number of hydrogen-bond donors (Lipinski definition) is 1. The fourth-order valence-electron chi connectivity index (χ4n) is 4.46. The van der Waals surface area contributed by atoms with Crippen LogP contribution in [0.15, 0.2) is 61.6 Å². The molecule has 1 aromatic carbocycles. The number of amides is 1. The molecule has 1 fully saturated rings. The minimum atomic E-state index is -4.55. The Labute approximate surface area is 205 Å². The van der Waals surface area contributed by atoms with Crippen LogP contribution in [0.4, 0.5) is 18.9 Å². The fourth-order valence-corrected chi connectivity index (χ4v) is 4.46. The van der Waals surface area contributed by atoms with Gasteiger partial charge in [-0.2, -0.15) is 18.3 Å². The highest BCUT2D eigenvalue weighted by Gasteiger charge is 2.33. The van der Waals surface area contributed by atoms with Gasteiger partial charge in [-0.05, 0) is 43.4 Å². The van der Waals surface area contributed by atoms with Gasteiger partial charge in [-0.25, -0.2) is 14.5 Å². The largest absolute Gasteiger partial charge is 0.416 e.